The van der Waals surface area contributed by atoms with Gasteiger partial charge in [0.25, 0.3) is 5.91 Å². The molecule has 1 amide bonds. The maximum Gasteiger partial charge on any atom is 0.255 e. The summed E-state index contributed by atoms with van der Waals surface area (Å²) in [6.45, 7) is 1.94. The molecule has 0 aliphatic rings. The summed E-state index contributed by atoms with van der Waals surface area (Å²) >= 11 is 3.39. The summed E-state index contributed by atoms with van der Waals surface area (Å²) in [6.07, 6.45) is 0. The summed E-state index contributed by atoms with van der Waals surface area (Å²) in [5, 5.41) is 2.84. The average Bonchev–Trinajstić information content (AvgIpc) is 2.46. The first-order valence-electron chi connectivity index (χ1n) is 6.34. The Kier molecular flexibility index (Phi) is 4.85. The molecule has 0 spiro atoms. The number of halogens is 1. The van der Waals surface area contributed by atoms with Crippen LogP contribution in [-0.2, 0) is 0 Å². The minimum absolute atomic E-state index is 0.192. The van der Waals surface area contributed by atoms with E-state index in [-0.39, 0.29) is 5.91 Å². The van der Waals surface area contributed by atoms with Gasteiger partial charge in [-0.1, -0.05) is 15.9 Å². The van der Waals surface area contributed by atoms with Crippen LogP contribution in [-0.4, -0.2) is 20.1 Å². The Labute approximate surface area is 132 Å². The Morgan fingerprint density at radius 1 is 1.10 bits per heavy atom. The highest BCUT2D eigenvalue weighted by molar-refractivity contribution is 9.10. The number of aryl methyl sites for hydroxylation is 1. The van der Waals surface area contributed by atoms with E-state index in [9.17, 15) is 4.79 Å². The molecule has 0 heterocycles. The van der Waals surface area contributed by atoms with Crippen molar-refractivity contribution < 1.29 is 14.3 Å². The van der Waals surface area contributed by atoms with Gasteiger partial charge in [0.15, 0.2) is 0 Å². The monoisotopic (exact) mass is 349 g/mol. The molecular formula is C16H16BrNO3. The predicted molar refractivity (Wildman–Crippen MR) is 86.4 cm³/mol. The Morgan fingerprint density at radius 3 is 2.48 bits per heavy atom. The summed E-state index contributed by atoms with van der Waals surface area (Å²) in [5.41, 5.74) is 2.19. The molecular weight excluding hydrogens is 334 g/mol. The van der Waals surface area contributed by atoms with Crippen LogP contribution in [0.25, 0.3) is 0 Å². The van der Waals surface area contributed by atoms with Crippen molar-refractivity contribution in [3.05, 3.63) is 52.0 Å². The van der Waals surface area contributed by atoms with Crippen LogP contribution in [0.1, 0.15) is 15.9 Å². The molecule has 0 saturated heterocycles. The first-order chi connectivity index (χ1) is 10.0. The zero-order chi connectivity index (χ0) is 15.4. The van der Waals surface area contributed by atoms with Gasteiger partial charge >= 0.3 is 0 Å². The second-order valence-corrected chi connectivity index (χ2v) is 5.45. The number of methoxy groups -OCH3 is 2. The lowest BCUT2D eigenvalue weighted by Gasteiger charge is -2.12. The number of hydrogen-bond acceptors (Lipinski definition) is 3. The van der Waals surface area contributed by atoms with E-state index < -0.39 is 0 Å². The van der Waals surface area contributed by atoms with Gasteiger partial charge in [0.2, 0.25) is 0 Å². The van der Waals surface area contributed by atoms with Crippen LogP contribution >= 0.6 is 15.9 Å². The van der Waals surface area contributed by atoms with Gasteiger partial charge in [-0.2, -0.15) is 0 Å². The van der Waals surface area contributed by atoms with Crippen LogP contribution < -0.4 is 14.8 Å². The van der Waals surface area contributed by atoms with Crippen molar-refractivity contribution in [3.8, 4) is 11.5 Å². The van der Waals surface area contributed by atoms with Crippen molar-refractivity contribution in [3.63, 3.8) is 0 Å². The van der Waals surface area contributed by atoms with E-state index in [1.54, 1.807) is 38.5 Å². The van der Waals surface area contributed by atoms with Crippen molar-refractivity contribution >= 4 is 27.5 Å². The van der Waals surface area contributed by atoms with E-state index in [4.69, 9.17) is 9.47 Å². The third-order valence-electron chi connectivity index (χ3n) is 2.96. The SMILES string of the molecule is COc1ccc(NC(=O)c2cc(C)cc(Br)c2)c(OC)c1. The number of rotatable bonds is 4. The zero-order valence-corrected chi connectivity index (χ0v) is 13.7. The zero-order valence-electron chi connectivity index (χ0n) is 12.1. The summed E-state index contributed by atoms with van der Waals surface area (Å²) in [4.78, 5) is 12.3. The molecule has 0 unspecified atom stereocenters. The molecule has 1 N–H and O–H groups in total. The number of hydrogen-bond donors (Lipinski definition) is 1. The molecule has 0 atom stereocenters. The molecule has 2 aromatic rings. The maximum absolute atomic E-state index is 12.3. The van der Waals surface area contributed by atoms with Gasteiger partial charge in [0.05, 0.1) is 19.9 Å². The van der Waals surface area contributed by atoms with Gasteiger partial charge in [0, 0.05) is 16.1 Å². The lowest BCUT2D eigenvalue weighted by Crippen LogP contribution is -2.13. The molecule has 0 aliphatic carbocycles. The van der Waals surface area contributed by atoms with E-state index in [1.807, 2.05) is 19.1 Å². The number of carbonyl (C=O) groups is 1. The number of amides is 1. The summed E-state index contributed by atoms with van der Waals surface area (Å²) < 4.78 is 11.3. The topological polar surface area (TPSA) is 47.6 Å². The molecule has 0 saturated carbocycles. The van der Waals surface area contributed by atoms with Crippen LogP contribution in [0.5, 0.6) is 11.5 Å². The van der Waals surface area contributed by atoms with Crippen LogP contribution in [0.15, 0.2) is 40.9 Å². The minimum Gasteiger partial charge on any atom is -0.497 e. The fourth-order valence-electron chi connectivity index (χ4n) is 1.96. The highest BCUT2D eigenvalue weighted by Gasteiger charge is 2.11. The Hall–Kier alpha value is -2.01. The third-order valence-corrected chi connectivity index (χ3v) is 3.42. The number of carbonyl (C=O) groups excluding carboxylic acids is 1. The van der Waals surface area contributed by atoms with Gasteiger partial charge in [-0.05, 0) is 42.8 Å². The highest BCUT2D eigenvalue weighted by Crippen LogP contribution is 2.29. The average molecular weight is 350 g/mol. The molecule has 0 fully saturated rings. The van der Waals surface area contributed by atoms with Crippen molar-refractivity contribution in [1.82, 2.24) is 0 Å². The van der Waals surface area contributed by atoms with Gasteiger partial charge in [0.1, 0.15) is 11.5 Å². The van der Waals surface area contributed by atoms with Crippen molar-refractivity contribution in [1.29, 1.82) is 0 Å². The first-order valence-corrected chi connectivity index (χ1v) is 7.13. The molecule has 2 rings (SSSR count). The summed E-state index contributed by atoms with van der Waals surface area (Å²) in [5.74, 6) is 1.03. The second-order valence-electron chi connectivity index (χ2n) is 4.54. The van der Waals surface area contributed by atoms with Gasteiger partial charge in [-0.15, -0.1) is 0 Å². The number of ether oxygens (including phenoxy) is 2. The summed E-state index contributed by atoms with van der Waals surface area (Å²) in [6, 6.07) is 10.8. The molecule has 0 aliphatic heterocycles. The molecule has 4 nitrogen and oxygen atoms in total. The van der Waals surface area contributed by atoms with Crippen LogP contribution in [0.4, 0.5) is 5.69 Å². The quantitative estimate of drug-likeness (QED) is 0.906. The minimum atomic E-state index is -0.192. The largest absolute Gasteiger partial charge is 0.497 e. The van der Waals surface area contributed by atoms with E-state index in [0.29, 0.717) is 22.7 Å². The third kappa shape index (κ3) is 3.76. The number of benzene rings is 2. The Morgan fingerprint density at radius 2 is 1.86 bits per heavy atom. The van der Waals surface area contributed by atoms with Gasteiger partial charge < -0.3 is 14.8 Å². The van der Waals surface area contributed by atoms with Crippen molar-refractivity contribution in [2.24, 2.45) is 0 Å². The fourth-order valence-corrected chi connectivity index (χ4v) is 2.57. The van der Waals surface area contributed by atoms with Crippen LogP contribution in [0.3, 0.4) is 0 Å². The maximum atomic E-state index is 12.3. The molecule has 0 bridgehead atoms. The fraction of sp³-hybridized carbons (Fsp3) is 0.188. The molecule has 21 heavy (non-hydrogen) atoms. The number of nitrogens with one attached hydrogen (secondary N) is 1. The standard InChI is InChI=1S/C16H16BrNO3/c1-10-6-11(8-12(17)7-10)16(19)18-14-5-4-13(20-2)9-15(14)21-3/h4-9H,1-3H3,(H,18,19). The van der Waals surface area contributed by atoms with Crippen molar-refractivity contribution in [2.75, 3.05) is 19.5 Å². The van der Waals surface area contributed by atoms with E-state index >= 15 is 0 Å². The molecule has 0 aromatic heterocycles. The Bertz CT molecular complexity index is 650. The van der Waals surface area contributed by atoms with Crippen LogP contribution in [0.2, 0.25) is 0 Å². The second kappa shape index (κ2) is 6.63. The van der Waals surface area contributed by atoms with Gasteiger partial charge in [-0.25, -0.2) is 0 Å². The molecule has 110 valence electrons. The van der Waals surface area contributed by atoms with E-state index in [0.717, 1.165) is 10.0 Å². The number of anilines is 1. The van der Waals surface area contributed by atoms with E-state index in [1.165, 1.54) is 0 Å². The Balaban J connectivity index is 2.26. The van der Waals surface area contributed by atoms with Crippen LogP contribution in [0, 0.1) is 6.92 Å². The molecule has 2 aromatic carbocycles. The molecule has 0 radical (unpaired) electrons. The molecule has 5 heteroatoms. The van der Waals surface area contributed by atoms with E-state index in [2.05, 4.69) is 21.2 Å². The highest BCUT2D eigenvalue weighted by atomic mass is 79.9. The normalized spacial score (nSPS) is 10.1. The predicted octanol–water partition coefficient (Wildman–Crippen LogP) is 4.03. The first kappa shape index (κ1) is 15.4. The lowest BCUT2D eigenvalue weighted by atomic mass is 10.1. The smallest absolute Gasteiger partial charge is 0.255 e. The van der Waals surface area contributed by atoms with Crippen molar-refractivity contribution in [2.45, 2.75) is 6.92 Å². The summed E-state index contributed by atoms with van der Waals surface area (Å²) in [7, 11) is 3.13. The lowest BCUT2D eigenvalue weighted by molar-refractivity contribution is 0.102. The van der Waals surface area contributed by atoms with Gasteiger partial charge in [-0.3, -0.25) is 4.79 Å².